The van der Waals surface area contributed by atoms with E-state index in [2.05, 4.69) is 34.5 Å². The van der Waals surface area contributed by atoms with Crippen molar-refractivity contribution >= 4 is 5.91 Å². The van der Waals surface area contributed by atoms with Crippen LogP contribution in [0.3, 0.4) is 0 Å². The molecule has 0 aromatic heterocycles. The zero-order chi connectivity index (χ0) is 22.9. The van der Waals surface area contributed by atoms with Crippen LogP contribution in [0.25, 0.3) is 0 Å². The van der Waals surface area contributed by atoms with Crippen molar-refractivity contribution in [2.24, 2.45) is 5.92 Å². The van der Waals surface area contributed by atoms with E-state index in [0.717, 1.165) is 37.4 Å². The Morgan fingerprint density at radius 3 is 2.62 bits per heavy atom. The first-order valence-corrected chi connectivity index (χ1v) is 11.4. The number of aliphatic hydroxyl groups is 1. The van der Waals surface area contributed by atoms with Crippen molar-refractivity contribution in [2.75, 3.05) is 13.2 Å². The highest BCUT2D eigenvalue weighted by molar-refractivity contribution is 5.80. The number of carbonyl (C=O) groups excluding carboxylic acids is 1. The lowest BCUT2D eigenvalue weighted by Crippen LogP contribution is -2.34. The van der Waals surface area contributed by atoms with Crippen LogP contribution in [0, 0.1) is 5.92 Å². The third kappa shape index (κ3) is 5.48. The number of ether oxygens (including phenoxy) is 1. The summed E-state index contributed by atoms with van der Waals surface area (Å²) in [4.78, 5) is 14.1. The Hall–Kier alpha value is -2.44. The van der Waals surface area contributed by atoms with Gasteiger partial charge in [0, 0.05) is 25.6 Å². The highest BCUT2D eigenvalue weighted by Gasteiger charge is 2.51. The maximum Gasteiger partial charge on any atom is 0.249 e. The van der Waals surface area contributed by atoms with Gasteiger partial charge >= 0.3 is 0 Å². The molecule has 2 aromatic rings. The lowest BCUT2D eigenvalue weighted by molar-refractivity contribution is -0.129. The van der Waals surface area contributed by atoms with Crippen LogP contribution < -0.4 is 10.1 Å². The fourth-order valence-corrected chi connectivity index (χ4v) is 4.25. The van der Waals surface area contributed by atoms with E-state index in [0.29, 0.717) is 13.0 Å². The van der Waals surface area contributed by atoms with Crippen LogP contribution in [-0.4, -0.2) is 40.8 Å². The molecule has 1 amide bonds. The van der Waals surface area contributed by atoms with Gasteiger partial charge in [-0.25, -0.2) is 4.39 Å². The number of nitrogens with one attached hydrogen (secondary N) is 1. The number of hydrogen-bond donors (Lipinski definition) is 2. The van der Waals surface area contributed by atoms with E-state index < -0.39 is 11.8 Å². The number of aliphatic hydroxyl groups excluding tert-OH is 1. The van der Waals surface area contributed by atoms with Gasteiger partial charge in [-0.2, -0.15) is 0 Å². The normalized spacial score (nSPS) is 24.3. The number of amides is 1. The molecule has 5 nitrogen and oxygen atoms in total. The maximum atomic E-state index is 13.7. The first-order chi connectivity index (χ1) is 15.2. The van der Waals surface area contributed by atoms with Gasteiger partial charge in [0.2, 0.25) is 5.91 Å². The number of halogens is 1. The summed E-state index contributed by atoms with van der Waals surface area (Å²) in [6.07, 6.45) is 0.561. The molecule has 6 heteroatoms. The third-order valence-electron chi connectivity index (χ3n) is 6.68. The van der Waals surface area contributed by atoms with Gasteiger partial charge in [-0.05, 0) is 68.0 Å². The predicted molar refractivity (Wildman–Crippen MR) is 122 cm³/mol. The monoisotopic (exact) mass is 440 g/mol. The molecule has 1 fully saturated rings. The zero-order valence-corrected chi connectivity index (χ0v) is 19.1. The summed E-state index contributed by atoms with van der Waals surface area (Å²) < 4.78 is 19.5. The lowest BCUT2D eigenvalue weighted by atomic mass is 9.98. The number of rotatable bonds is 8. The first kappa shape index (κ1) is 22.7. The smallest absolute Gasteiger partial charge is 0.249 e. The van der Waals surface area contributed by atoms with Gasteiger partial charge in [0.05, 0.1) is 12.6 Å². The van der Waals surface area contributed by atoms with Crippen LogP contribution in [0.15, 0.2) is 42.5 Å². The van der Waals surface area contributed by atoms with Crippen molar-refractivity contribution in [3.05, 3.63) is 64.7 Å². The number of benzene rings is 2. The SMILES string of the molecule is CC(O)C(=O)N[C@@H](C)c1ccc(CN2CCc3cc(OC[C@@H]4CC4(C)F)ccc3C2)cc1. The van der Waals surface area contributed by atoms with Gasteiger partial charge in [-0.15, -0.1) is 0 Å². The summed E-state index contributed by atoms with van der Waals surface area (Å²) in [6.45, 7) is 8.21. The molecule has 0 saturated heterocycles. The van der Waals surface area contributed by atoms with Crippen LogP contribution in [-0.2, 0) is 24.3 Å². The van der Waals surface area contributed by atoms with Crippen molar-refractivity contribution in [3.8, 4) is 5.75 Å². The van der Waals surface area contributed by atoms with E-state index >= 15 is 0 Å². The number of hydrogen-bond acceptors (Lipinski definition) is 4. The lowest BCUT2D eigenvalue weighted by Gasteiger charge is -2.29. The Morgan fingerprint density at radius 2 is 1.97 bits per heavy atom. The third-order valence-corrected chi connectivity index (χ3v) is 6.68. The summed E-state index contributed by atoms with van der Waals surface area (Å²) >= 11 is 0. The molecule has 2 unspecified atom stereocenters. The van der Waals surface area contributed by atoms with Gasteiger partial charge in [0.25, 0.3) is 0 Å². The van der Waals surface area contributed by atoms with Crippen molar-refractivity contribution < 1.29 is 19.0 Å². The fraction of sp³-hybridized carbons (Fsp3) is 0.500. The topological polar surface area (TPSA) is 61.8 Å². The van der Waals surface area contributed by atoms with Crippen LogP contribution in [0.4, 0.5) is 4.39 Å². The largest absolute Gasteiger partial charge is 0.493 e. The van der Waals surface area contributed by atoms with E-state index in [1.165, 1.54) is 23.6 Å². The van der Waals surface area contributed by atoms with Gasteiger partial charge in [-0.3, -0.25) is 9.69 Å². The zero-order valence-electron chi connectivity index (χ0n) is 19.1. The van der Waals surface area contributed by atoms with Crippen LogP contribution in [0.2, 0.25) is 0 Å². The predicted octanol–water partition coefficient (Wildman–Crippen LogP) is 3.93. The van der Waals surface area contributed by atoms with Crippen molar-refractivity contribution in [1.82, 2.24) is 10.2 Å². The molecule has 0 bridgehead atoms. The second-order valence-electron chi connectivity index (χ2n) is 9.53. The highest BCUT2D eigenvalue weighted by atomic mass is 19.1. The van der Waals surface area contributed by atoms with Crippen LogP contribution >= 0.6 is 0 Å². The van der Waals surface area contributed by atoms with E-state index in [1.807, 2.05) is 25.1 Å². The van der Waals surface area contributed by atoms with E-state index in [4.69, 9.17) is 4.74 Å². The molecule has 4 rings (SSSR count). The molecule has 1 saturated carbocycles. The summed E-state index contributed by atoms with van der Waals surface area (Å²) in [5.41, 5.74) is 3.83. The second-order valence-corrected chi connectivity index (χ2v) is 9.53. The molecule has 0 radical (unpaired) electrons. The minimum atomic E-state index is -1.04. The van der Waals surface area contributed by atoms with Crippen molar-refractivity contribution in [2.45, 2.75) is 64.5 Å². The van der Waals surface area contributed by atoms with Gasteiger partial charge in [-0.1, -0.05) is 30.3 Å². The Morgan fingerprint density at radius 1 is 1.25 bits per heavy atom. The summed E-state index contributed by atoms with van der Waals surface area (Å²) in [5.74, 6) is 0.501. The maximum absolute atomic E-state index is 13.7. The first-order valence-electron chi connectivity index (χ1n) is 11.4. The summed E-state index contributed by atoms with van der Waals surface area (Å²) in [6, 6.07) is 14.4. The number of carbonyl (C=O) groups is 1. The molecule has 4 atom stereocenters. The second kappa shape index (κ2) is 9.20. The Labute approximate surface area is 189 Å². The molecule has 0 spiro atoms. The minimum absolute atomic E-state index is 0.0258. The van der Waals surface area contributed by atoms with Crippen LogP contribution in [0.5, 0.6) is 5.75 Å². The summed E-state index contributed by atoms with van der Waals surface area (Å²) in [7, 11) is 0. The Balaban J connectivity index is 1.30. The number of alkyl halides is 1. The van der Waals surface area contributed by atoms with E-state index in [1.54, 1.807) is 6.92 Å². The molecule has 32 heavy (non-hydrogen) atoms. The highest BCUT2D eigenvalue weighted by Crippen LogP contribution is 2.46. The van der Waals surface area contributed by atoms with Gasteiger partial charge in [0.15, 0.2) is 0 Å². The van der Waals surface area contributed by atoms with Crippen molar-refractivity contribution in [1.29, 1.82) is 0 Å². The molecule has 2 N–H and O–H groups in total. The standard InChI is InChI=1S/C26H33FN2O3/c1-17(28-25(31)18(2)30)20-6-4-19(5-7-20)14-29-11-10-21-12-24(9-8-22(21)15-29)32-16-23-13-26(23,3)27/h4-9,12,17-18,23,30H,10-11,13-16H2,1-3H3,(H,28,31)/t17-,18?,23-,26?/m0/s1. The molecule has 2 aliphatic rings. The van der Waals surface area contributed by atoms with Gasteiger partial charge < -0.3 is 15.2 Å². The Bertz CT molecular complexity index is 958. The van der Waals surface area contributed by atoms with E-state index in [9.17, 15) is 14.3 Å². The van der Waals surface area contributed by atoms with Gasteiger partial charge in [0.1, 0.15) is 17.5 Å². The quantitative estimate of drug-likeness (QED) is 0.653. The average molecular weight is 441 g/mol. The average Bonchev–Trinajstić information content (AvgIpc) is 3.38. The molecule has 172 valence electrons. The molecule has 1 heterocycles. The number of fused-ring (bicyclic) bond motifs is 1. The Kier molecular flexibility index (Phi) is 6.54. The van der Waals surface area contributed by atoms with E-state index in [-0.39, 0.29) is 17.9 Å². The molecular formula is C26H33FN2O3. The molecule has 2 aromatic carbocycles. The summed E-state index contributed by atoms with van der Waals surface area (Å²) in [5, 5.41) is 12.2. The molecule has 1 aliphatic carbocycles. The number of nitrogens with zero attached hydrogens (tertiary/aromatic N) is 1. The van der Waals surface area contributed by atoms with Crippen molar-refractivity contribution in [3.63, 3.8) is 0 Å². The molecular weight excluding hydrogens is 407 g/mol. The fourth-order valence-electron chi connectivity index (χ4n) is 4.25. The minimum Gasteiger partial charge on any atom is -0.493 e. The van der Waals surface area contributed by atoms with Crippen LogP contribution in [0.1, 0.15) is 55.5 Å². The molecule has 1 aliphatic heterocycles.